The molecule has 1 aliphatic heterocycles. The van der Waals surface area contributed by atoms with Crippen molar-refractivity contribution >= 4 is 23.3 Å². The molecule has 4 rings (SSSR count). The van der Waals surface area contributed by atoms with Gasteiger partial charge >= 0.3 is 6.18 Å². The summed E-state index contributed by atoms with van der Waals surface area (Å²) in [5.41, 5.74) is 0.143. The van der Waals surface area contributed by atoms with Crippen molar-refractivity contribution in [2.24, 2.45) is 0 Å². The standard InChI is InChI=1S/C23H26F3N5O2/c24-23(25,26)16-6-9-20(27-14-16)31-11-3-10-30(12-13-31)15-21(32)29-19-5-2-1-4-18(19)22(33)28-17-7-8-17/h1-2,4-6,9,14,17H,3,7-8,10-13,15H2,(H,28,33)(H,29,32). The predicted octanol–water partition coefficient (Wildman–Crippen LogP) is 3.14. The lowest BCUT2D eigenvalue weighted by Crippen LogP contribution is -2.37. The van der Waals surface area contributed by atoms with Crippen LogP contribution >= 0.6 is 0 Å². The molecule has 2 fully saturated rings. The van der Waals surface area contributed by atoms with Crippen LogP contribution in [0.4, 0.5) is 24.7 Å². The van der Waals surface area contributed by atoms with Crippen molar-refractivity contribution < 1.29 is 22.8 Å². The van der Waals surface area contributed by atoms with E-state index in [0.717, 1.165) is 31.5 Å². The maximum atomic E-state index is 12.8. The van der Waals surface area contributed by atoms with E-state index in [1.807, 2.05) is 9.80 Å². The van der Waals surface area contributed by atoms with E-state index in [9.17, 15) is 22.8 Å². The van der Waals surface area contributed by atoms with Gasteiger partial charge in [-0.15, -0.1) is 0 Å². The molecule has 1 saturated heterocycles. The summed E-state index contributed by atoms with van der Waals surface area (Å²) >= 11 is 0. The van der Waals surface area contributed by atoms with E-state index < -0.39 is 11.7 Å². The first kappa shape index (κ1) is 23.0. The molecule has 0 unspecified atom stereocenters. The average molecular weight is 461 g/mol. The molecule has 2 aliphatic rings. The molecule has 10 heteroatoms. The molecule has 0 radical (unpaired) electrons. The Balaban J connectivity index is 1.31. The molecule has 33 heavy (non-hydrogen) atoms. The summed E-state index contributed by atoms with van der Waals surface area (Å²) in [6.07, 6.45) is -0.854. The Morgan fingerprint density at radius 2 is 1.82 bits per heavy atom. The Morgan fingerprint density at radius 1 is 1.03 bits per heavy atom. The second-order valence-electron chi connectivity index (χ2n) is 8.36. The van der Waals surface area contributed by atoms with E-state index in [-0.39, 0.29) is 24.4 Å². The summed E-state index contributed by atoms with van der Waals surface area (Å²) in [6, 6.07) is 9.57. The highest BCUT2D eigenvalue weighted by Crippen LogP contribution is 2.29. The number of para-hydroxylation sites is 1. The van der Waals surface area contributed by atoms with Gasteiger partial charge in [0.2, 0.25) is 5.91 Å². The summed E-state index contributed by atoms with van der Waals surface area (Å²) in [6.45, 7) is 2.59. The van der Waals surface area contributed by atoms with Crippen molar-refractivity contribution in [3.05, 3.63) is 53.7 Å². The number of pyridine rings is 1. The number of carbonyl (C=O) groups is 2. The number of hydrogen-bond acceptors (Lipinski definition) is 5. The Kier molecular flexibility index (Phi) is 6.83. The Morgan fingerprint density at radius 3 is 2.52 bits per heavy atom. The second-order valence-corrected chi connectivity index (χ2v) is 8.36. The molecule has 2 aromatic rings. The van der Waals surface area contributed by atoms with Crippen molar-refractivity contribution in [2.75, 3.05) is 42.9 Å². The van der Waals surface area contributed by atoms with Gasteiger partial charge in [0.05, 0.1) is 23.4 Å². The smallest absolute Gasteiger partial charge is 0.355 e. The third kappa shape index (κ3) is 6.22. The summed E-state index contributed by atoms with van der Waals surface area (Å²) < 4.78 is 38.3. The van der Waals surface area contributed by atoms with E-state index in [2.05, 4.69) is 15.6 Å². The molecular weight excluding hydrogens is 435 g/mol. The van der Waals surface area contributed by atoms with Gasteiger partial charge in [0.15, 0.2) is 0 Å². The molecule has 7 nitrogen and oxygen atoms in total. The minimum absolute atomic E-state index is 0.160. The first-order valence-corrected chi connectivity index (χ1v) is 11.0. The molecule has 176 valence electrons. The van der Waals surface area contributed by atoms with Crippen molar-refractivity contribution in [3.8, 4) is 0 Å². The van der Waals surface area contributed by atoms with Crippen LogP contribution in [0.1, 0.15) is 35.2 Å². The van der Waals surface area contributed by atoms with Crippen LogP contribution in [0.5, 0.6) is 0 Å². The van der Waals surface area contributed by atoms with Crippen LogP contribution in [-0.4, -0.2) is 60.5 Å². The van der Waals surface area contributed by atoms with Crippen LogP contribution in [0.3, 0.4) is 0 Å². The highest BCUT2D eigenvalue weighted by atomic mass is 19.4. The van der Waals surface area contributed by atoms with E-state index in [4.69, 9.17) is 0 Å². The van der Waals surface area contributed by atoms with Crippen LogP contribution in [0.2, 0.25) is 0 Å². The zero-order valence-electron chi connectivity index (χ0n) is 18.1. The van der Waals surface area contributed by atoms with Gasteiger partial charge in [-0.2, -0.15) is 13.2 Å². The molecule has 1 aromatic heterocycles. The third-order valence-electron chi connectivity index (χ3n) is 5.71. The van der Waals surface area contributed by atoms with E-state index >= 15 is 0 Å². The SMILES string of the molecule is O=C(CN1CCCN(c2ccc(C(F)(F)F)cn2)CC1)Nc1ccccc1C(=O)NC1CC1. The van der Waals surface area contributed by atoms with Crippen LogP contribution in [0.15, 0.2) is 42.6 Å². The maximum Gasteiger partial charge on any atom is 0.417 e. The number of benzene rings is 1. The number of halogens is 3. The fourth-order valence-corrected chi connectivity index (χ4v) is 3.77. The summed E-state index contributed by atoms with van der Waals surface area (Å²) in [4.78, 5) is 33.0. The molecule has 0 bridgehead atoms. The highest BCUT2D eigenvalue weighted by molar-refractivity contribution is 6.04. The van der Waals surface area contributed by atoms with Crippen molar-refractivity contribution in [2.45, 2.75) is 31.5 Å². The van der Waals surface area contributed by atoms with Gasteiger partial charge in [0, 0.05) is 38.4 Å². The molecule has 1 aliphatic carbocycles. The summed E-state index contributed by atoms with van der Waals surface area (Å²) in [5, 5.41) is 5.77. The topological polar surface area (TPSA) is 77.6 Å². The lowest BCUT2D eigenvalue weighted by molar-refractivity contribution is -0.137. The molecule has 0 spiro atoms. The fraction of sp³-hybridized carbons (Fsp3) is 0.435. The van der Waals surface area contributed by atoms with Gasteiger partial charge < -0.3 is 15.5 Å². The maximum absolute atomic E-state index is 12.8. The number of anilines is 2. The number of aromatic nitrogens is 1. The molecule has 2 N–H and O–H groups in total. The minimum Gasteiger partial charge on any atom is -0.355 e. The van der Waals surface area contributed by atoms with E-state index in [0.29, 0.717) is 43.2 Å². The summed E-state index contributed by atoms with van der Waals surface area (Å²) in [7, 11) is 0. The largest absolute Gasteiger partial charge is 0.417 e. The first-order valence-electron chi connectivity index (χ1n) is 11.0. The predicted molar refractivity (Wildman–Crippen MR) is 118 cm³/mol. The van der Waals surface area contributed by atoms with E-state index in [1.54, 1.807) is 24.3 Å². The zero-order chi connectivity index (χ0) is 23.4. The Hall–Kier alpha value is -3.14. The van der Waals surface area contributed by atoms with E-state index in [1.165, 1.54) is 6.07 Å². The zero-order valence-corrected chi connectivity index (χ0v) is 18.1. The molecule has 2 amide bonds. The van der Waals surface area contributed by atoms with Crippen molar-refractivity contribution in [1.29, 1.82) is 0 Å². The van der Waals surface area contributed by atoms with Gasteiger partial charge in [0.1, 0.15) is 5.82 Å². The van der Waals surface area contributed by atoms with Crippen LogP contribution in [-0.2, 0) is 11.0 Å². The Labute approximate surface area is 190 Å². The number of amides is 2. The molecule has 0 atom stereocenters. The van der Waals surface area contributed by atoms with Gasteiger partial charge in [0.25, 0.3) is 5.91 Å². The number of alkyl halides is 3. The first-order chi connectivity index (χ1) is 15.8. The van der Waals surface area contributed by atoms with Crippen molar-refractivity contribution in [3.63, 3.8) is 0 Å². The molecular formula is C23H26F3N5O2. The van der Waals surface area contributed by atoms with Gasteiger partial charge in [-0.25, -0.2) is 4.98 Å². The Bertz CT molecular complexity index is 992. The molecule has 1 saturated carbocycles. The van der Waals surface area contributed by atoms with Gasteiger partial charge in [-0.05, 0) is 43.5 Å². The quantitative estimate of drug-likeness (QED) is 0.691. The number of nitrogens with one attached hydrogen (secondary N) is 2. The normalized spacial score (nSPS) is 17.4. The van der Waals surface area contributed by atoms with Gasteiger partial charge in [-0.1, -0.05) is 12.1 Å². The average Bonchev–Trinajstić information content (AvgIpc) is 3.61. The van der Waals surface area contributed by atoms with Crippen LogP contribution < -0.4 is 15.5 Å². The van der Waals surface area contributed by atoms with Crippen LogP contribution in [0, 0.1) is 0 Å². The number of hydrogen-bond donors (Lipinski definition) is 2. The van der Waals surface area contributed by atoms with Gasteiger partial charge in [-0.3, -0.25) is 14.5 Å². The highest BCUT2D eigenvalue weighted by Gasteiger charge is 2.31. The lowest BCUT2D eigenvalue weighted by atomic mass is 10.1. The third-order valence-corrected chi connectivity index (χ3v) is 5.71. The molecule has 1 aromatic carbocycles. The van der Waals surface area contributed by atoms with Crippen molar-refractivity contribution in [1.82, 2.24) is 15.2 Å². The second kappa shape index (κ2) is 9.78. The fourth-order valence-electron chi connectivity index (χ4n) is 3.77. The number of nitrogens with zero attached hydrogens (tertiary/aromatic N) is 3. The lowest BCUT2D eigenvalue weighted by Gasteiger charge is -2.23. The number of carbonyl (C=O) groups excluding carboxylic acids is 2. The van der Waals surface area contributed by atoms with Crippen LogP contribution in [0.25, 0.3) is 0 Å². The minimum atomic E-state index is -4.41. The summed E-state index contributed by atoms with van der Waals surface area (Å²) in [5.74, 6) is 0.0792. The number of rotatable bonds is 6. The monoisotopic (exact) mass is 461 g/mol. The molecule has 2 heterocycles.